The molecule has 0 amide bonds. The van der Waals surface area contributed by atoms with Gasteiger partial charge in [0, 0.05) is 40.3 Å². The molecule has 5 heterocycles. The number of nitrogens with zero attached hydrogens (tertiary/aromatic N) is 6. The van der Waals surface area contributed by atoms with Gasteiger partial charge >= 0.3 is 5.97 Å². The van der Waals surface area contributed by atoms with Gasteiger partial charge in [0.1, 0.15) is 35.6 Å². The first-order valence-corrected chi connectivity index (χ1v) is 14.2. The summed E-state index contributed by atoms with van der Waals surface area (Å²) in [6.45, 7) is 4.41. The Morgan fingerprint density at radius 3 is 2.74 bits per heavy atom. The second-order valence-corrected chi connectivity index (χ2v) is 11.3. The van der Waals surface area contributed by atoms with Crippen LogP contribution in [0.25, 0.3) is 32.2 Å². The molecule has 212 valence electrons. The third-order valence-electron chi connectivity index (χ3n) is 7.13. The number of carboxylic acids is 1. The molecule has 1 aliphatic heterocycles. The third kappa shape index (κ3) is 4.71. The number of rotatable bonds is 7. The minimum atomic E-state index is -1.05. The Hall–Kier alpha value is -4.57. The van der Waals surface area contributed by atoms with Gasteiger partial charge in [0.15, 0.2) is 0 Å². The number of ether oxygens (including phenoxy) is 1. The van der Waals surface area contributed by atoms with Gasteiger partial charge in [-0.15, -0.1) is 11.3 Å². The van der Waals surface area contributed by atoms with Gasteiger partial charge in [-0.1, -0.05) is 11.6 Å². The maximum Gasteiger partial charge on any atom is 0.338 e. The molecule has 1 saturated heterocycles. The predicted molar refractivity (Wildman–Crippen MR) is 159 cm³/mol. The smallest absolute Gasteiger partial charge is 0.338 e. The minimum Gasteiger partial charge on any atom is -0.491 e. The highest BCUT2D eigenvalue weighted by molar-refractivity contribution is 7.18. The Morgan fingerprint density at radius 2 is 2.02 bits per heavy atom. The van der Waals surface area contributed by atoms with Crippen molar-refractivity contribution in [3.63, 3.8) is 0 Å². The van der Waals surface area contributed by atoms with E-state index in [2.05, 4.69) is 21.0 Å². The van der Waals surface area contributed by atoms with Crippen LogP contribution >= 0.6 is 22.9 Å². The molecule has 2 N–H and O–H groups in total. The zero-order chi connectivity index (χ0) is 29.7. The number of benzene rings is 1. The largest absolute Gasteiger partial charge is 0.491 e. The van der Waals surface area contributed by atoms with Crippen LogP contribution in [-0.2, 0) is 6.54 Å². The lowest BCUT2D eigenvalue weighted by atomic mass is 10.0. The number of aryl methyl sites for hydroxylation is 2. The summed E-state index contributed by atoms with van der Waals surface area (Å²) >= 11 is 7.64. The molecule has 0 aliphatic carbocycles. The van der Waals surface area contributed by atoms with Gasteiger partial charge in [0.2, 0.25) is 0 Å². The second kappa shape index (κ2) is 10.7. The van der Waals surface area contributed by atoms with Gasteiger partial charge in [-0.2, -0.15) is 5.26 Å². The normalized spacial score (nSPS) is 13.4. The molecule has 4 aromatic heterocycles. The monoisotopic (exact) mass is 602 g/mol. The van der Waals surface area contributed by atoms with Crippen molar-refractivity contribution < 1.29 is 19.7 Å². The molecule has 0 unspecified atom stereocenters. The number of thiophene rings is 1. The third-order valence-corrected chi connectivity index (χ3v) is 8.37. The van der Waals surface area contributed by atoms with E-state index >= 15 is 0 Å². The van der Waals surface area contributed by atoms with Crippen LogP contribution in [0.2, 0.25) is 5.02 Å². The number of pyridine rings is 2. The van der Waals surface area contributed by atoms with Crippen LogP contribution in [0, 0.1) is 25.2 Å². The quantitative estimate of drug-likeness (QED) is 0.277. The van der Waals surface area contributed by atoms with E-state index in [1.807, 2.05) is 6.07 Å². The fourth-order valence-corrected chi connectivity index (χ4v) is 6.30. The summed E-state index contributed by atoms with van der Waals surface area (Å²) in [6.07, 6.45) is 0.978. The molecular formula is C29H23ClN6O5S. The summed E-state index contributed by atoms with van der Waals surface area (Å²) in [6, 6.07) is 9.14. The van der Waals surface area contributed by atoms with Crippen LogP contribution in [0.3, 0.4) is 0 Å². The molecule has 0 atom stereocenters. The summed E-state index contributed by atoms with van der Waals surface area (Å²) in [7, 11) is 0. The molecule has 0 saturated carbocycles. The number of carboxylic acid groups (broad SMARTS) is 1. The Kier molecular flexibility index (Phi) is 7.02. The highest BCUT2D eigenvalue weighted by Gasteiger charge is 2.29. The van der Waals surface area contributed by atoms with Gasteiger partial charge < -0.3 is 19.8 Å². The van der Waals surface area contributed by atoms with Crippen molar-refractivity contribution in [3.05, 3.63) is 73.9 Å². The number of aromatic carboxylic acids is 1. The van der Waals surface area contributed by atoms with Gasteiger partial charge in [-0.25, -0.2) is 14.8 Å². The van der Waals surface area contributed by atoms with Crippen LogP contribution in [0.15, 0.2) is 40.6 Å². The van der Waals surface area contributed by atoms with Crippen molar-refractivity contribution in [2.24, 2.45) is 0 Å². The lowest BCUT2D eigenvalue weighted by Crippen LogP contribution is -2.51. The Bertz CT molecular complexity index is 2010. The van der Waals surface area contributed by atoms with Crippen LogP contribution < -0.4 is 15.2 Å². The van der Waals surface area contributed by atoms with E-state index in [0.717, 1.165) is 5.56 Å². The van der Waals surface area contributed by atoms with E-state index in [-0.39, 0.29) is 35.2 Å². The molecular weight excluding hydrogens is 580 g/mol. The first kappa shape index (κ1) is 27.6. The topological polar surface area (TPSA) is 154 Å². The van der Waals surface area contributed by atoms with E-state index < -0.39 is 12.1 Å². The Morgan fingerprint density at radius 1 is 1.24 bits per heavy atom. The predicted octanol–water partition coefficient (Wildman–Crippen LogP) is 4.17. The SMILES string of the molecule is Cc1cc(-c2cc(Cl)ccc2OCCn2c(C)nc3cnc(N4CC(O)C4)c(C#N)c3c2=O)c2scc(C(=O)O)c2n1. The number of nitriles is 1. The molecule has 1 fully saturated rings. The highest BCUT2D eigenvalue weighted by Crippen LogP contribution is 2.40. The van der Waals surface area contributed by atoms with Crippen LogP contribution in [0.1, 0.15) is 27.4 Å². The summed E-state index contributed by atoms with van der Waals surface area (Å²) < 4.78 is 8.33. The summed E-state index contributed by atoms with van der Waals surface area (Å²) in [5, 5.41) is 31.4. The number of hydrogen-bond donors (Lipinski definition) is 2. The maximum absolute atomic E-state index is 13.6. The van der Waals surface area contributed by atoms with Crippen molar-refractivity contribution in [1.82, 2.24) is 19.5 Å². The minimum absolute atomic E-state index is 0.0960. The van der Waals surface area contributed by atoms with Crippen molar-refractivity contribution >= 4 is 55.8 Å². The highest BCUT2D eigenvalue weighted by atomic mass is 35.5. The number of aliphatic hydroxyl groups is 1. The molecule has 13 heteroatoms. The lowest BCUT2D eigenvalue weighted by Gasteiger charge is -2.37. The molecule has 6 rings (SSSR count). The lowest BCUT2D eigenvalue weighted by molar-refractivity contribution is 0.0699. The Balaban J connectivity index is 1.34. The molecule has 42 heavy (non-hydrogen) atoms. The van der Waals surface area contributed by atoms with Crippen molar-refractivity contribution in [1.29, 1.82) is 5.26 Å². The number of hydrogen-bond acceptors (Lipinski definition) is 10. The summed E-state index contributed by atoms with van der Waals surface area (Å²) in [5.74, 6) is 0.237. The van der Waals surface area contributed by atoms with E-state index in [9.17, 15) is 25.1 Å². The van der Waals surface area contributed by atoms with Crippen LogP contribution in [0.4, 0.5) is 5.82 Å². The van der Waals surface area contributed by atoms with Gasteiger partial charge in [0.25, 0.3) is 5.56 Å². The summed E-state index contributed by atoms with van der Waals surface area (Å²) in [4.78, 5) is 40.5. The fraction of sp³-hybridized carbons (Fsp3) is 0.241. The van der Waals surface area contributed by atoms with E-state index in [0.29, 0.717) is 62.5 Å². The van der Waals surface area contributed by atoms with E-state index in [4.69, 9.17) is 16.3 Å². The number of anilines is 1. The molecule has 11 nitrogen and oxygen atoms in total. The van der Waals surface area contributed by atoms with Crippen molar-refractivity contribution in [3.8, 4) is 22.9 Å². The van der Waals surface area contributed by atoms with Gasteiger partial charge in [0.05, 0.1) is 45.5 Å². The Labute approximate surface area is 247 Å². The molecule has 0 spiro atoms. The molecule has 1 aromatic carbocycles. The molecule has 0 radical (unpaired) electrons. The standard InChI is InChI=1S/C29H23ClN6O5S/c1-14-7-19(26-25(33-14)21(13-42-26)29(39)40)18-8-16(30)3-4-23(18)41-6-5-36-15(2)34-22-10-32-27(35-11-17(37)12-35)20(9-31)24(22)28(36)38/h3-4,7-8,10,13,17,37H,5-6,11-12H2,1-2H3,(H,39,40). The number of halogens is 1. The van der Waals surface area contributed by atoms with Crippen LogP contribution in [0.5, 0.6) is 5.75 Å². The number of aliphatic hydroxyl groups excluding tert-OH is 1. The fourth-order valence-electron chi connectivity index (χ4n) is 5.12. The number of fused-ring (bicyclic) bond motifs is 2. The number of β-amino-alcohol motifs (C(OH)–C–C–N with tert-alkyl or cyclic N) is 1. The van der Waals surface area contributed by atoms with E-state index in [1.54, 1.807) is 42.3 Å². The molecule has 1 aliphatic rings. The van der Waals surface area contributed by atoms with Crippen molar-refractivity contribution in [2.45, 2.75) is 26.5 Å². The maximum atomic E-state index is 13.6. The van der Waals surface area contributed by atoms with Crippen LogP contribution in [-0.4, -0.2) is 61.5 Å². The van der Waals surface area contributed by atoms with E-state index in [1.165, 1.54) is 22.1 Å². The second-order valence-electron chi connectivity index (χ2n) is 9.94. The average molecular weight is 603 g/mol. The first-order valence-electron chi connectivity index (χ1n) is 12.9. The molecule has 5 aromatic rings. The zero-order valence-electron chi connectivity index (χ0n) is 22.5. The number of carbonyl (C=O) groups is 1. The zero-order valence-corrected chi connectivity index (χ0v) is 24.0. The first-order chi connectivity index (χ1) is 20.2. The van der Waals surface area contributed by atoms with Gasteiger partial charge in [-0.3, -0.25) is 14.3 Å². The summed E-state index contributed by atoms with van der Waals surface area (Å²) in [5.41, 5.74) is 2.63. The number of aromatic nitrogens is 4. The van der Waals surface area contributed by atoms with Gasteiger partial charge in [-0.05, 0) is 38.1 Å². The molecule has 0 bridgehead atoms. The van der Waals surface area contributed by atoms with Crippen molar-refractivity contribution in [2.75, 3.05) is 24.6 Å². The average Bonchev–Trinajstić information content (AvgIpc) is 3.37.